The topological polar surface area (TPSA) is 92.4 Å². The van der Waals surface area contributed by atoms with Gasteiger partial charge in [-0.1, -0.05) is 19.8 Å². The number of carboxylic acid groups (broad SMARTS) is 1. The SMILES string of the molecule is CC[C@@H](NC(=O)C1(CN)CCCC1)C(=O)O. The molecule has 0 unspecified atom stereocenters. The van der Waals surface area contributed by atoms with Crippen LogP contribution >= 0.6 is 0 Å². The molecular weight excluding hydrogens is 208 g/mol. The number of hydrogen-bond acceptors (Lipinski definition) is 3. The molecule has 0 aromatic carbocycles. The summed E-state index contributed by atoms with van der Waals surface area (Å²) in [6, 6.07) is -0.795. The van der Waals surface area contributed by atoms with Crippen molar-refractivity contribution in [3.63, 3.8) is 0 Å². The van der Waals surface area contributed by atoms with Crippen molar-refractivity contribution in [2.45, 2.75) is 45.1 Å². The number of carbonyl (C=O) groups is 2. The van der Waals surface area contributed by atoms with Gasteiger partial charge in [0, 0.05) is 6.54 Å². The number of nitrogens with two attached hydrogens (primary N) is 1. The molecule has 92 valence electrons. The van der Waals surface area contributed by atoms with Gasteiger partial charge in [-0.25, -0.2) is 4.79 Å². The third kappa shape index (κ3) is 2.52. The first kappa shape index (κ1) is 13.0. The molecule has 1 amide bonds. The molecule has 1 rings (SSSR count). The summed E-state index contributed by atoms with van der Waals surface area (Å²) in [6.45, 7) is 2.04. The standard InChI is InChI=1S/C11H20N2O3/c1-2-8(9(14)15)13-10(16)11(7-12)5-3-4-6-11/h8H,2-7,12H2,1H3,(H,13,16)(H,14,15)/t8-/m1/s1. The molecule has 1 aliphatic carbocycles. The minimum Gasteiger partial charge on any atom is -0.480 e. The monoisotopic (exact) mass is 228 g/mol. The van der Waals surface area contributed by atoms with Crippen LogP contribution in [-0.2, 0) is 9.59 Å². The molecule has 1 saturated carbocycles. The molecule has 4 N–H and O–H groups in total. The van der Waals surface area contributed by atoms with E-state index in [1.165, 1.54) is 0 Å². The summed E-state index contributed by atoms with van der Waals surface area (Å²) >= 11 is 0. The van der Waals surface area contributed by atoms with Gasteiger partial charge < -0.3 is 16.2 Å². The lowest BCUT2D eigenvalue weighted by Gasteiger charge is -2.27. The van der Waals surface area contributed by atoms with Crippen molar-refractivity contribution in [2.24, 2.45) is 11.1 Å². The van der Waals surface area contributed by atoms with E-state index >= 15 is 0 Å². The van der Waals surface area contributed by atoms with Crippen LogP contribution in [0.1, 0.15) is 39.0 Å². The number of amides is 1. The second kappa shape index (κ2) is 5.30. The zero-order chi connectivity index (χ0) is 12.2. The average molecular weight is 228 g/mol. The molecule has 0 aromatic rings. The average Bonchev–Trinajstić information content (AvgIpc) is 2.74. The largest absolute Gasteiger partial charge is 0.480 e. The van der Waals surface area contributed by atoms with Crippen molar-refractivity contribution in [2.75, 3.05) is 6.54 Å². The highest BCUT2D eigenvalue weighted by atomic mass is 16.4. The summed E-state index contributed by atoms with van der Waals surface area (Å²) in [5.74, 6) is -1.18. The van der Waals surface area contributed by atoms with E-state index in [0.29, 0.717) is 13.0 Å². The Morgan fingerprint density at radius 1 is 1.44 bits per heavy atom. The predicted octanol–water partition coefficient (Wildman–Crippen LogP) is 0.485. The number of rotatable bonds is 5. The minimum atomic E-state index is -0.985. The van der Waals surface area contributed by atoms with Crippen LogP contribution in [-0.4, -0.2) is 29.6 Å². The van der Waals surface area contributed by atoms with Gasteiger partial charge in [0.2, 0.25) is 5.91 Å². The second-order valence-electron chi connectivity index (χ2n) is 4.46. The predicted molar refractivity (Wildman–Crippen MR) is 59.8 cm³/mol. The van der Waals surface area contributed by atoms with E-state index in [4.69, 9.17) is 10.8 Å². The summed E-state index contributed by atoms with van der Waals surface area (Å²) in [4.78, 5) is 22.8. The first-order chi connectivity index (χ1) is 7.55. The molecule has 1 fully saturated rings. The van der Waals surface area contributed by atoms with Crippen molar-refractivity contribution >= 4 is 11.9 Å². The molecular formula is C11H20N2O3. The molecule has 1 aliphatic rings. The fourth-order valence-corrected chi connectivity index (χ4v) is 2.23. The summed E-state index contributed by atoms with van der Waals surface area (Å²) in [7, 11) is 0. The summed E-state index contributed by atoms with van der Waals surface area (Å²) < 4.78 is 0. The summed E-state index contributed by atoms with van der Waals surface area (Å²) in [5, 5.41) is 11.5. The van der Waals surface area contributed by atoms with Crippen LogP contribution in [0.25, 0.3) is 0 Å². The van der Waals surface area contributed by atoms with Gasteiger partial charge in [0.25, 0.3) is 0 Å². The van der Waals surface area contributed by atoms with E-state index in [2.05, 4.69) is 5.32 Å². The summed E-state index contributed by atoms with van der Waals surface area (Å²) in [6.07, 6.45) is 3.92. The highest BCUT2D eigenvalue weighted by molar-refractivity contribution is 5.87. The van der Waals surface area contributed by atoms with Gasteiger partial charge in [-0.3, -0.25) is 4.79 Å². The second-order valence-corrected chi connectivity index (χ2v) is 4.46. The minimum absolute atomic E-state index is 0.193. The molecule has 1 atom stereocenters. The molecule has 0 spiro atoms. The molecule has 5 heteroatoms. The van der Waals surface area contributed by atoms with Gasteiger partial charge in [0.05, 0.1) is 5.41 Å². The molecule has 5 nitrogen and oxygen atoms in total. The van der Waals surface area contributed by atoms with Crippen molar-refractivity contribution in [1.82, 2.24) is 5.32 Å². The Morgan fingerprint density at radius 2 is 2.00 bits per heavy atom. The summed E-state index contributed by atoms with van der Waals surface area (Å²) in [5.41, 5.74) is 5.13. The van der Waals surface area contributed by atoms with E-state index in [9.17, 15) is 9.59 Å². The van der Waals surface area contributed by atoms with Crippen molar-refractivity contribution < 1.29 is 14.7 Å². The molecule has 0 heterocycles. The highest BCUT2D eigenvalue weighted by Crippen LogP contribution is 2.37. The maximum atomic E-state index is 12.0. The van der Waals surface area contributed by atoms with E-state index in [0.717, 1.165) is 25.7 Å². The van der Waals surface area contributed by atoms with E-state index in [1.807, 2.05) is 0 Å². The lowest BCUT2D eigenvalue weighted by Crippen LogP contribution is -2.50. The molecule has 0 aromatic heterocycles. The van der Waals surface area contributed by atoms with Gasteiger partial charge >= 0.3 is 5.97 Å². The Kier molecular flexibility index (Phi) is 4.29. The number of carboxylic acids is 1. The van der Waals surface area contributed by atoms with Gasteiger partial charge in [-0.15, -0.1) is 0 Å². The van der Waals surface area contributed by atoms with E-state index < -0.39 is 17.4 Å². The van der Waals surface area contributed by atoms with Crippen LogP contribution in [0, 0.1) is 5.41 Å². The van der Waals surface area contributed by atoms with Gasteiger partial charge in [-0.05, 0) is 19.3 Å². The van der Waals surface area contributed by atoms with E-state index in [-0.39, 0.29) is 5.91 Å². The molecule has 0 bridgehead atoms. The Bertz CT molecular complexity index is 272. The van der Waals surface area contributed by atoms with Crippen LogP contribution in [0.5, 0.6) is 0 Å². The maximum Gasteiger partial charge on any atom is 0.326 e. The number of aliphatic carboxylic acids is 1. The van der Waals surface area contributed by atoms with Crippen LogP contribution in [0.4, 0.5) is 0 Å². The number of carbonyl (C=O) groups excluding carboxylic acids is 1. The Labute approximate surface area is 95.4 Å². The normalized spacial score (nSPS) is 20.4. The Hall–Kier alpha value is -1.10. The first-order valence-electron chi connectivity index (χ1n) is 5.79. The molecule has 0 saturated heterocycles. The molecule has 0 radical (unpaired) electrons. The van der Waals surface area contributed by atoms with Gasteiger partial charge in [0.1, 0.15) is 6.04 Å². The van der Waals surface area contributed by atoms with E-state index in [1.54, 1.807) is 6.92 Å². The smallest absolute Gasteiger partial charge is 0.326 e. The zero-order valence-corrected chi connectivity index (χ0v) is 9.66. The lowest BCUT2D eigenvalue weighted by molar-refractivity contribution is -0.143. The number of hydrogen-bond donors (Lipinski definition) is 3. The van der Waals surface area contributed by atoms with Crippen LogP contribution in [0.3, 0.4) is 0 Å². The van der Waals surface area contributed by atoms with Crippen molar-refractivity contribution in [3.05, 3.63) is 0 Å². The van der Waals surface area contributed by atoms with Gasteiger partial charge in [-0.2, -0.15) is 0 Å². The third-order valence-electron chi connectivity index (χ3n) is 3.44. The zero-order valence-electron chi connectivity index (χ0n) is 9.66. The van der Waals surface area contributed by atoms with Crippen molar-refractivity contribution in [3.8, 4) is 0 Å². The van der Waals surface area contributed by atoms with Gasteiger partial charge in [0.15, 0.2) is 0 Å². The van der Waals surface area contributed by atoms with Crippen LogP contribution in [0.2, 0.25) is 0 Å². The lowest BCUT2D eigenvalue weighted by atomic mass is 9.85. The quantitative estimate of drug-likeness (QED) is 0.638. The fraction of sp³-hybridized carbons (Fsp3) is 0.818. The third-order valence-corrected chi connectivity index (χ3v) is 3.44. The Morgan fingerprint density at radius 3 is 2.38 bits per heavy atom. The molecule has 0 aliphatic heterocycles. The molecule has 16 heavy (non-hydrogen) atoms. The fourth-order valence-electron chi connectivity index (χ4n) is 2.23. The number of nitrogens with one attached hydrogen (secondary N) is 1. The maximum absolute atomic E-state index is 12.0. The highest BCUT2D eigenvalue weighted by Gasteiger charge is 2.40. The van der Waals surface area contributed by atoms with Crippen LogP contribution in [0.15, 0.2) is 0 Å². The van der Waals surface area contributed by atoms with Crippen LogP contribution < -0.4 is 11.1 Å². The van der Waals surface area contributed by atoms with Crippen molar-refractivity contribution in [1.29, 1.82) is 0 Å². The Balaban J connectivity index is 2.65. The first-order valence-corrected chi connectivity index (χ1v) is 5.79.